The number of aromatic nitrogens is 2. The van der Waals surface area contributed by atoms with Gasteiger partial charge < -0.3 is 5.73 Å². The third-order valence-electron chi connectivity index (χ3n) is 4.07. The van der Waals surface area contributed by atoms with Gasteiger partial charge in [0.15, 0.2) is 0 Å². The van der Waals surface area contributed by atoms with Crippen molar-refractivity contribution in [2.45, 2.75) is 65.0 Å². The van der Waals surface area contributed by atoms with Crippen molar-refractivity contribution in [3.05, 3.63) is 17.5 Å². The van der Waals surface area contributed by atoms with Gasteiger partial charge in [0.2, 0.25) is 0 Å². The molecule has 3 nitrogen and oxygen atoms in total. The van der Waals surface area contributed by atoms with Crippen molar-refractivity contribution in [3.8, 4) is 0 Å². The van der Waals surface area contributed by atoms with Gasteiger partial charge in [-0.3, -0.25) is 4.68 Å². The van der Waals surface area contributed by atoms with Gasteiger partial charge in [-0.15, -0.1) is 0 Å². The summed E-state index contributed by atoms with van der Waals surface area (Å²) in [5.41, 5.74) is 8.70. The molecule has 2 unspecified atom stereocenters. The SMILES string of the molecule is CCc1cc(CC)n(CCC2CCCC2N)n1. The van der Waals surface area contributed by atoms with Crippen LogP contribution in [-0.4, -0.2) is 15.8 Å². The first-order valence-electron chi connectivity index (χ1n) is 7.05. The maximum atomic E-state index is 6.12. The van der Waals surface area contributed by atoms with Gasteiger partial charge in [-0.1, -0.05) is 20.3 Å². The Labute approximate surface area is 104 Å². The second kappa shape index (κ2) is 5.67. The van der Waals surface area contributed by atoms with Crippen LogP contribution >= 0.6 is 0 Å². The maximum absolute atomic E-state index is 6.12. The van der Waals surface area contributed by atoms with E-state index in [1.54, 1.807) is 0 Å². The van der Waals surface area contributed by atoms with E-state index < -0.39 is 0 Å². The Morgan fingerprint density at radius 2 is 2.18 bits per heavy atom. The number of aryl methyl sites for hydroxylation is 3. The minimum absolute atomic E-state index is 0.432. The molecule has 0 aliphatic heterocycles. The van der Waals surface area contributed by atoms with Crippen LogP contribution in [0.2, 0.25) is 0 Å². The highest BCUT2D eigenvalue weighted by molar-refractivity contribution is 5.10. The van der Waals surface area contributed by atoms with Crippen LogP contribution in [0, 0.1) is 5.92 Å². The predicted molar refractivity (Wildman–Crippen MR) is 70.9 cm³/mol. The summed E-state index contributed by atoms with van der Waals surface area (Å²) in [7, 11) is 0. The predicted octanol–water partition coefficient (Wildman–Crippen LogP) is 2.53. The lowest BCUT2D eigenvalue weighted by atomic mass is 10.0. The zero-order valence-corrected chi connectivity index (χ0v) is 11.2. The standard InChI is InChI=1S/C14H25N3/c1-3-12-10-13(4-2)17(16-12)9-8-11-6-5-7-14(11)15/h10-11,14H,3-9,15H2,1-2H3. The second-order valence-corrected chi connectivity index (χ2v) is 5.20. The largest absolute Gasteiger partial charge is 0.327 e. The molecule has 1 aliphatic rings. The second-order valence-electron chi connectivity index (χ2n) is 5.20. The summed E-state index contributed by atoms with van der Waals surface area (Å²) in [6.07, 6.45) is 7.13. The number of nitrogens with zero attached hydrogens (tertiary/aromatic N) is 2. The normalized spacial score (nSPS) is 24.4. The van der Waals surface area contributed by atoms with Crippen LogP contribution in [-0.2, 0) is 19.4 Å². The van der Waals surface area contributed by atoms with Crippen LogP contribution in [0.5, 0.6) is 0 Å². The van der Waals surface area contributed by atoms with Gasteiger partial charge in [0.1, 0.15) is 0 Å². The van der Waals surface area contributed by atoms with E-state index >= 15 is 0 Å². The zero-order valence-electron chi connectivity index (χ0n) is 11.2. The fourth-order valence-electron chi connectivity index (χ4n) is 2.88. The fourth-order valence-corrected chi connectivity index (χ4v) is 2.88. The van der Waals surface area contributed by atoms with Crippen molar-refractivity contribution in [1.82, 2.24) is 9.78 Å². The van der Waals surface area contributed by atoms with Gasteiger partial charge in [0, 0.05) is 18.3 Å². The molecule has 2 atom stereocenters. The van der Waals surface area contributed by atoms with Gasteiger partial charge in [-0.05, 0) is 44.1 Å². The van der Waals surface area contributed by atoms with E-state index in [4.69, 9.17) is 5.73 Å². The van der Waals surface area contributed by atoms with E-state index in [1.807, 2.05) is 0 Å². The highest BCUT2D eigenvalue weighted by Crippen LogP contribution is 2.27. The van der Waals surface area contributed by atoms with E-state index in [0.29, 0.717) is 12.0 Å². The molecule has 1 saturated carbocycles. The van der Waals surface area contributed by atoms with Gasteiger partial charge in [0.05, 0.1) is 5.69 Å². The first kappa shape index (κ1) is 12.6. The molecule has 1 aromatic heterocycles. The molecule has 0 amide bonds. The highest BCUT2D eigenvalue weighted by Gasteiger charge is 2.23. The Morgan fingerprint density at radius 3 is 2.76 bits per heavy atom. The molecule has 0 spiro atoms. The number of nitrogens with two attached hydrogens (primary N) is 1. The lowest BCUT2D eigenvalue weighted by Crippen LogP contribution is -2.25. The van der Waals surface area contributed by atoms with Gasteiger partial charge >= 0.3 is 0 Å². The van der Waals surface area contributed by atoms with Gasteiger partial charge in [-0.25, -0.2) is 0 Å². The topological polar surface area (TPSA) is 43.8 Å². The van der Waals surface area contributed by atoms with E-state index in [2.05, 4.69) is 29.7 Å². The van der Waals surface area contributed by atoms with E-state index in [-0.39, 0.29) is 0 Å². The number of hydrogen-bond acceptors (Lipinski definition) is 2. The van der Waals surface area contributed by atoms with E-state index in [0.717, 1.165) is 19.4 Å². The molecule has 1 aliphatic carbocycles. The first-order chi connectivity index (χ1) is 8.24. The molecule has 0 aromatic carbocycles. The Hall–Kier alpha value is -0.830. The summed E-state index contributed by atoms with van der Waals surface area (Å²) in [4.78, 5) is 0. The quantitative estimate of drug-likeness (QED) is 0.852. The molecule has 1 fully saturated rings. The third-order valence-corrected chi connectivity index (χ3v) is 4.07. The molecular formula is C14H25N3. The third kappa shape index (κ3) is 2.89. The Morgan fingerprint density at radius 1 is 1.35 bits per heavy atom. The Balaban J connectivity index is 1.95. The molecule has 3 heteroatoms. The minimum atomic E-state index is 0.432. The minimum Gasteiger partial charge on any atom is -0.327 e. The molecule has 17 heavy (non-hydrogen) atoms. The Bertz CT molecular complexity index is 356. The number of hydrogen-bond donors (Lipinski definition) is 1. The molecule has 0 bridgehead atoms. The molecule has 0 saturated heterocycles. The average Bonchev–Trinajstić information content (AvgIpc) is 2.92. The number of rotatable bonds is 5. The molecular weight excluding hydrogens is 210 g/mol. The Kier molecular flexibility index (Phi) is 4.21. The van der Waals surface area contributed by atoms with Crippen molar-refractivity contribution in [2.24, 2.45) is 11.7 Å². The van der Waals surface area contributed by atoms with Crippen LogP contribution in [0.15, 0.2) is 6.07 Å². The smallest absolute Gasteiger partial charge is 0.0624 e. The zero-order chi connectivity index (χ0) is 12.3. The first-order valence-corrected chi connectivity index (χ1v) is 7.05. The van der Waals surface area contributed by atoms with E-state index in [9.17, 15) is 0 Å². The molecule has 0 radical (unpaired) electrons. The van der Waals surface area contributed by atoms with Crippen LogP contribution < -0.4 is 5.73 Å². The summed E-state index contributed by atoms with van der Waals surface area (Å²) in [5, 5.41) is 4.66. The van der Waals surface area contributed by atoms with E-state index in [1.165, 1.54) is 37.1 Å². The molecule has 2 N–H and O–H groups in total. The van der Waals surface area contributed by atoms with Crippen LogP contribution in [0.4, 0.5) is 0 Å². The summed E-state index contributed by atoms with van der Waals surface area (Å²) in [6, 6.07) is 2.68. The summed E-state index contributed by atoms with van der Waals surface area (Å²) in [5.74, 6) is 0.717. The maximum Gasteiger partial charge on any atom is 0.0624 e. The molecule has 96 valence electrons. The summed E-state index contributed by atoms with van der Waals surface area (Å²) >= 11 is 0. The lowest BCUT2D eigenvalue weighted by molar-refractivity contribution is 0.397. The summed E-state index contributed by atoms with van der Waals surface area (Å²) < 4.78 is 2.20. The molecule has 1 heterocycles. The van der Waals surface area contributed by atoms with Crippen molar-refractivity contribution in [2.75, 3.05) is 0 Å². The van der Waals surface area contributed by atoms with Crippen LogP contribution in [0.3, 0.4) is 0 Å². The lowest BCUT2D eigenvalue weighted by Gasteiger charge is -2.15. The average molecular weight is 235 g/mol. The monoisotopic (exact) mass is 235 g/mol. The van der Waals surface area contributed by atoms with Crippen molar-refractivity contribution < 1.29 is 0 Å². The van der Waals surface area contributed by atoms with Gasteiger partial charge in [-0.2, -0.15) is 5.10 Å². The van der Waals surface area contributed by atoms with Crippen LogP contribution in [0.1, 0.15) is 50.9 Å². The van der Waals surface area contributed by atoms with Crippen molar-refractivity contribution >= 4 is 0 Å². The van der Waals surface area contributed by atoms with Gasteiger partial charge in [0.25, 0.3) is 0 Å². The van der Waals surface area contributed by atoms with Crippen LogP contribution in [0.25, 0.3) is 0 Å². The van der Waals surface area contributed by atoms with Crippen molar-refractivity contribution in [3.63, 3.8) is 0 Å². The molecule has 1 aromatic rings. The highest BCUT2D eigenvalue weighted by atomic mass is 15.3. The van der Waals surface area contributed by atoms with Crippen molar-refractivity contribution in [1.29, 1.82) is 0 Å². The summed E-state index contributed by atoms with van der Waals surface area (Å²) in [6.45, 7) is 5.41. The fraction of sp³-hybridized carbons (Fsp3) is 0.786. The molecule has 2 rings (SSSR count).